The summed E-state index contributed by atoms with van der Waals surface area (Å²) in [6.45, 7) is 8.52. The number of carbonyl (C=O) groups is 3. The molecule has 9 nitrogen and oxygen atoms in total. The van der Waals surface area contributed by atoms with Crippen LogP contribution in [0.1, 0.15) is 33.3 Å². The zero-order valence-electron chi connectivity index (χ0n) is 16.7. The number of amides is 4. The Morgan fingerprint density at radius 2 is 1.82 bits per heavy atom. The third-order valence-corrected chi connectivity index (χ3v) is 6.62. The van der Waals surface area contributed by atoms with E-state index in [1.54, 1.807) is 40.7 Å². The first-order valence-corrected chi connectivity index (χ1v) is 10.4. The van der Waals surface area contributed by atoms with Crippen LogP contribution >= 0.6 is 0 Å². The maximum Gasteiger partial charge on any atom is 0.325 e. The molecule has 1 fully saturated rings. The van der Waals surface area contributed by atoms with Crippen molar-refractivity contribution in [1.29, 1.82) is 0 Å². The Morgan fingerprint density at radius 3 is 2.32 bits per heavy atom. The van der Waals surface area contributed by atoms with Gasteiger partial charge < -0.3 is 10.6 Å². The maximum atomic E-state index is 12.7. The van der Waals surface area contributed by atoms with Crippen molar-refractivity contribution in [2.45, 2.75) is 45.1 Å². The van der Waals surface area contributed by atoms with E-state index in [0.29, 0.717) is 24.3 Å². The van der Waals surface area contributed by atoms with Crippen molar-refractivity contribution in [3.8, 4) is 0 Å². The lowest BCUT2D eigenvalue weighted by atomic mass is 10.1. The maximum absolute atomic E-state index is 12.7. The zero-order valence-corrected chi connectivity index (χ0v) is 17.5. The molecule has 10 heteroatoms. The molecule has 0 aliphatic carbocycles. The Balaban J connectivity index is 2.22. The van der Waals surface area contributed by atoms with Crippen LogP contribution in [-0.2, 0) is 19.6 Å². The van der Waals surface area contributed by atoms with Crippen molar-refractivity contribution in [1.82, 2.24) is 14.5 Å². The van der Waals surface area contributed by atoms with E-state index in [2.05, 4.69) is 10.6 Å². The van der Waals surface area contributed by atoms with Crippen LogP contribution in [0.15, 0.2) is 23.1 Å². The molecule has 0 spiro atoms. The normalized spacial score (nSPS) is 16.4. The second-order valence-electron chi connectivity index (χ2n) is 7.06. The number of imide groups is 1. The van der Waals surface area contributed by atoms with Gasteiger partial charge in [0.1, 0.15) is 12.1 Å². The first kappa shape index (κ1) is 21.8. The van der Waals surface area contributed by atoms with Gasteiger partial charge >= 0.3 is 6.03 Å². The topological polar surface area (TPSA) is 116 Å². The van der Waals surface area contributed by atoms with Crippen molar-refractivity contribution < 1.29 is 22.8 Å². The highest BCUT2D eigenvalue weighted by Gasteiger charge is 2.44. The molecule has 28 heavy (non-hydrogen) atoms. The average molecular weight is 410 g/mol. The lowest BCUT2D eigenvalue weighted by molar-refractivity contribution is -0.132. The SMILES string of the molecule is CCN(CC)S(=O)(=O)c1ccc(C)c(NC(=O)CN2C(=O)NC(C)(C)C2=O)c1. The molecule has 2 rings (SSSR count). The summed E-state index contributed by atoms with van der Waals surface area (Å²) in [5.74, 6) is -1.09. The molecule has 1 aliphatic rings. The highest BCUT2D eigenvalue weighted by Crippen LogP contribution is 2.23. The number of nitrogens with zero attached hydrogens (tertiary/aromatic N) is 2. The summed E-state index contributed by atoms with van der Waals surface area (Å²) in [7, 11) is -3.68. The third kappa shape index (κ3) is 4.17. The number of hydrogen-bond acceptors (Lipinski definition) is 5. The first-order chi connectivity index (χ1) is 12.9. The minimum Gasteiger partial charge on any atom is -0.324 e. The van der Waals surface area contributed by atoms with Gasteiger partial charge in [0.2, 0.25) is 15.9 Å². The summed E-state index contributed by atoms with van der Waals surface area (Å²) < 4.78 is 26.7. The van der Waals surface area contributed by atoms with Crippen LogP contribution in [0.25, 0.3) is 0 Å². The fourth-order valence-corrected chi connectivity index (χ4v) is 4.39. The summed E-state index contributed by atoms with van der Waals surface area (Å²) in [5, 5.41) is 5.10. The highest BCUT2D eigenvalue weighted by molar-refractivity contribution is 7.89. The molecule has 1 aromatic rings. The van der Waals surface area contributed by atoms with Crippen molar-refractivity contribution in [2.75, 3.05) is 25.0 Å². The van der Waals surface area contributed by atoms with E-state index in [-0.39, 0.29) is 4.90 Å². The molecular weight excluding hydrogens is 384 g/mol. The van der Waals surface area contributed by atoms with Gasteiger partial charge in [-0.05, 0) is 38.5 Å². The van der Waals surface area contributed by atoms with Crippen LogP contribution in [0.4, 0.5) is 10.5 Å². The molecule has 1 heterocycles. The molecule has 4 amide bonds. The monoisotopic (exact) mass is 410 g/mol. The van der Waals surface area contributed by atoms with Crippen molar-refractivity contribution in [3.63, 3.8) is 0 Å². The molecule has 1 aromatic carbocycles. The largest absolute Gasteiger partial charge is 0.325 e. The molecule has 0 bridgehead atoms. The Bertz CT molecular complexity index is 907. The van der Waals surface area contributed by atoms with Crippen LogP contribution in [0, 0.1) is 6.92 Å². The Morgan fingerprint density at radius 1 is 1.21 bits per heavy atom. The minimum absolute atomic E-state index is 0.0632. The standard InChI is InChI=1S/C18H26N4O5S/c1-6-21(7-2)28(26,27)13-9-8-12(3)14(10-13)19-15(23)11-22-16(24)18(4,5)20-17(22)25/h8-10H,6-7,11H2,1-5H3,(H,19,23)(H,20,25). The second-order valence-corrected chi connectivity index (χ2v) is 9.00. The van der Waals surface area contributed by atoms with Crippen LogP contribution in [0.3, 0.4) is 0 Å². The molecular formula is C18H26N4O5S. The van der Waals surface area contributed by atoms with Gasteiger partial charge in [-0.1, -0.05) is 19.9 Å². The van der Waals surface area contributed by atoms with Crippen molar-refractivity contribution in [3.05, 3.63) is 23.8 Å². The lowest BCUT2D eigenvalue weighted by Gasteiger charge is -2.20. The number of rotatable bonds is 7. The molecule has 1 saturated heterocycles. The van der Waals surface area contributed by atoms with Gasteiger partial charge in [-0.15, -0.1) is 0 Å². The number of nitrogens with one attached hydrogen (secondary N) is 2. The van der Waals surface area contributed by atoms with Gasteiger partial charge in [0.15, 0.2) is 0 Å². The van der Waals surface area contributed by atoms with E-state index in [9.17, 15) is 22.8 Å². The number of hydrogen-bond donors (Lipinski definition) is 2. The number of benzene rings is 1. The average Bonchev–Trinajstić information content (AvgIpc) is 2.79. The number of sulfonamides is 1. The summed E-state index contributed by atoms with van der Waals surface area (Å²) in [4.78, 5) is 37.4. The van der Waals surface area contributed by atoms with E-state index in [1.165, 1.54) is 16.4 Å². The van der Waals surface area contributed by atoms with Crippen LogP contribution in [0.5, 0.6) is 0 Å². The van der Waals surface area contributed by atoms with E-state index in [1.807, 2.05) is 0 Å². The molecule has 154 valence electrons. The van der Waals surface area contributed by atoms with Crippen LogP contribution < -0.4 is 10.6 Å². The van der Waals surface area contributed by atoms with Gasteiger partial charge in [0.25, 0.3) is 5.91 Å². The summed E-state index contributed by atoms with van der Waals surface area (Å²) in [5.41, 5.74) is -0.0979. The van der Waals surface area contributed by atoms with Crippen LogP contribution in [0.2, 0.25) is 0 Å². The molecule has 1 aliphatic heterocycles. The smallest absolute Gasteiger partial charge is 0.324 e. The summed E-state index contributed by atoms with van der Waals surface area (Å²) >= 11 is 0. The van der Waals surface area contributed by atoms with Gasteiger partial charge in [-0.2, -0.15) is 4.31 Å². The van der Waals surface area contributed by atoms with Crippen molar-refractivity contribution >= 4 is 33.6 Å². The Labute approximate surface area is 165 Å². The summed E-state index contributed by atoms with van der Waals surface area (Å²) in [6, 6.07) is 3.83. The predicted octanol–water partition coefficient (Wildman–Crippen LogP) is 1.29. The minimum atomic E-state index is -3.68. The highest BCUT2D eigenvalue weighted by atomic mass is 32.2. The zero-order chi connectivity index (χ0) is 21.3. The lowest BCUT2D eigenvalue weighted by Crippen LogP contribution is -2.41. The molecule has 0 atom stereocenters. The van der Waals surface area contributed by atoms with E-state index in [4.69, 9.17) is 0 Å². The van der Waals surface area contributed by atoms with E-state index in [0.717, 1.165) is 4.90 Å². The molecule has 0 unspecified atom stereocenters. The first-order valence-electron chi connectivity index (χ1n) is 8.98. The van der Waals surface area contributed by atoms with E-state index < -0.39 is 40.0 Å². The number of anilines is 1. The molecule has 0 saturated carbocycles. The van der Waals surface area contributed by atoms with Crippen molar-refractivity contribution in [2.24, 2.45) is 0 Å². The Hall–Kier alpha value is -2.46. The van der Waals surface area contributed by atoms with Crippen LogP contribution in [-0.4, -0.2) is 60.6 Å². The number of carbonyl (C=O) groups excluding carboxylic acids is 3. The predicted molar refractivity (Wildman–Crippen MR) is 104 cm³/mol. The third-order valence-electron chi connectivity index (χ3n) is 4.57. The van der Waals surface area contributed by atoms with Gasteiger partial charge in [0.05, 0.1) is 4.90 Å². The number of aryl methyl sites for hydroxylation is 1. The van der Waals surface area contributed by atoms with Gasteiger partial charge in [0, 0.05) is 18.8 Å². The fourth-order valence-electron chi connectivity index (χ4n) is 2.90. The number of urea groups is 1. The quantitative estimate of drug-likeness (QED) is 0.657. The van der Waals surface area contributed by atoms with Gasteiger partial charge in [-0.3, -0.25) is 14.5 Å². The molecule has 0 radical (unpaired) electrons. The summed E-state index contributed by atoms with van der Waals surface area (Å²) in [6.07, 6.45) is 0. The molecule has 2 N–H and O–H groups in total. The molecule has 0 aromatic heterocycles. The second kappa shape index (κ2) is 7.88. The Kier molecular flexibility index (Phi) is 6.15. The van der Waals surface area contributed by atoms with E-state index >= 15 is 0 Å². The fraction of sp³-hybridized carbons (Fsp3) is 0.500. The van der Waals surface area contributed by atoms with Gasteiger partial charge in [-0.25, -0.2) is 13.2 Å².